The average molecular weight is 260 g/mol. The van der Waals surface area contributed by atoms with Gasteiger partial charge in [-0.2, -0.15) is 0 Å². The largest absolute Gasteiger partial charge is 0.399 e. The first kappa shape index (κ1) is 12.9. The molecule has 19 heavy (non-hydrogen) atoms. The molecule has 1 aliphatic carbocycles. The highest BCUT2D eigenvalue weighted by Crippen LogP contribution is 2.49. The number of nitrogens with two attached hydrogens (primary N) is 1. The number of benzene rings is 1. The molecule has 104 valence electrons. The summed E-state index contributed by atoms with van der Waals surface area (Å²) in [4.78, 5) is 2.60. The average Bonchev–Trinajstić information content (AvgIpc) is 3.14. The van der Waals surface area contributed by atoms with E-state index in [9.17, 15) is 0 Å². The number of anilines is 1. The van der Waals surface area contributed by atoms with Gasteiger partial charge in [0.25, 0.3) is 0 Å². The van der Waals surface area contributed by atoms with Gasteiger partial charge in [-0.25, -0.2) is 0 Å². The van der Waals surface area contributed by atoms with E-state index in [1.807, 2.05) is 12.1 Å². The van der Waals surface area contributed by atoms with Gasteiger partial charge in [0.15, 0.2) is 0 Å². The Labute approximate surface area is 115 Å². The lowest BCUT2D eigenvalue weighted by molar-refractivity contribution is -0.0547. The van der Waals surface area contributed by atoms with Crippen molar-refractivity contribution in [2.45, 2.75) is 37.6 Å². The molecule has 1 saturated heterocycles. The van der Waals surface area contributed by atoms with Crippen LogP contribution in [0.25, 0.3) is 0 Å². The van der Waals surface area contributed by atoms with Crippen molar-refractivity contribution < 1.29 is 4.74 Å². The van der Waals surface area contributed by atoms with Crippen molar-refractivity contribution in [2.75, 3.05) is 32.0 Å². The van der Waals surface area contributed by atoms with Gasteiger partial charge in [0.05, 0.1) is 13.2 Å². The van der Waals surface area contributed by atoms with Crippen molar-refractivity contribution >= 4 is 5.69 Å². The first-order valence-corrected chi connectivity index (χ1v) is 7.21. The standard InChI is InChI=1S/C16H24N2O/c1-15(2)12-19-10-9-18(15)11-16(7-8-16)13-3-5-14(17)6-4-13/h3-6H,7-12,17H2,1-2H3. The Morgan fingerprint density at radius 1 is 1.21 bits per heavy atom. The molecule has 0 bridgehead atoms. The molecular formula is C16H24N2O. The summed E-state index contributed by atoms with van der Waals surface area (Å²) in [5.74, 6) is 0. The number of ether oxygens (including phenoxy) is 1. The maximum Gasteiger partial charge on any atom is 0.0645 e. The molecule has 0 radical (unpaired) electrons. The Morgan fingerprint density at radius 2 is 1.89 bits per heavy atom. The quantitative estimate of drug-likeness (QED) is 0.848. The maximum atomic E-state index is 5.79. The molecular weight excluding hydrogens is 236 g/mol. The van der Waals surface area contributed by atoms with Crippen LogP contribution in [0.2, 0.25) is 0 Å². The molecule has 2 fully saturated rings. The minimum Gasteiger partial charge on any atom is -0.399 e. The zero-order valence-electron chi connectivity index (χ0n) is 12.0. The number of hydrogen-bond donors (Lipinski definition) is 1. The third-order valence-electron chi connectivity index (χ3n) is 4.69. The first-order valence-electron chi connectivity index (χ1n) is 7.21. The normalized spacial score (nSPS) is 25.2. The number of nitrogens with zero attached hydrogens (tertiary/aromatic N) is 1. The number of rotatable bonds is 3. The second-order valence-corrected chi connectivity index (χ2v) is 6.69. The fraction of sp³-hybridized carbons (Fsp3) is 0.625. The third kappa shape index (κ3) is 2.49. The van der Waals surface area contributed by atoms with Crippen LogP contribution < -0.4 is 5.73 Å². The number of morpholine rings is 1. The van der Waals surface area contributed by atoms with Crippen LogP contribution in [0.1, 0.15) is 32.3 Å². The molecule has 0 aromatic heterocycles. The summed E-state index contributed by atoms with van der Waals surface area (Å²) in [6.07, 6.45) is 2.59. The van der Waals surface area contributed by atoms with Crippen LogP contribution in [0.15, 0.2) is 24.3 Å². The van der Waals surface area contributed by atoms with Crippen molar-refractivity contribution in [1.29, 1.82) is 0 Å². The molecule has 3 heteroatoms. The van der Waals surface area contributed by atoms with Gasteiger partial charge in [-0.05, 0) is 44.4 Å². The van der Waals surface area contributed by atoms with Crippen molar-refractivity contribution in [3.63, 3.8) is 0 Å². The van der Waals surface area contributed by atoms with Gasteiger partial charge in [-0.3, -0.25) is 4.90 Å². The van der Waals surface area contributed by atoms with Gasteiger partial charge in [0.2, 0.25) is 0 Å². The zero-order valence-corrected chi connectivity index (χ0v) is 12.0. The van der Waals surface area contributed by atoms with E-state index in [1.54, 1.807) is 0 Å². The summed E-state index contributed by atoms with van der Waals surface area (Å²) in [6.45, 7) is 8.46. The van der Waals surface area contributed by atoms with E-state index < -0.39 is 0 Å². The summed E-state index contributed by atoms with van der Waals surface area (Å²) >= 11 is 0. The maximum absolute atomic E-state index is 5.79. The van der Waals surface area contributed by atoms with Crippen molar-refractivity contribution in [1.82, 2.24) is 4.90 Å². The molecule has 3 nitrogen and oxygen atoms in total. The summed E-state index contributed by atoms with van der Waals surface area (Å²) in [5, 5.41) is 0. The molecule has 1 aliphatic heterocycles. The van der Waals surface area contributed by atoms with E-state index in [-0.39, 0.29) is 5.54 Å². The van der Waals surface area contributed by atoms with Crippen molar-refractivity contribution in [3.05, 3.63) is 29.8 Å². The summed E-state index contributed by atoms with van der Waals surface area (Å²) < 4.78 is 5.61. The van der Waals surface area contributed by atoms with Gasteiger partial charge in [0, 0.05) is 29.7 Å². The van der Waals surface area contributed by atoms with Gasteiger partial charge in [-0.1, -0.05) is 12.1 Å². The minimum absolute atomic E-state index is 0.154. The van der Waals surface area contributed by atoms with Crippen LogP contribution in [-0.4, -0.2) is 36.7 Å². The van der Waals surface area contributed by atoms with E-state index in [1.165, 1.54) is 18.4 Å². The van der Waals surface area contributed by atoms with Gasteiger partial charge >= 0.3 is 0 Å². The van der Waals surface area contributed by atoms with E-state index in [0.29, 0.717) is 5.41 Å². The highest BCUT2D eigenvalue weighted by Gasteiger charge is 2.47. The fourth-order valence-electron chi connectivity index (χ4n) is 3.07. The van der Waals surface area contributed by atoms with E-state index in [2.05, 4.69) is 30.9 Å². The third-order valence-corrected chi connectivity index (χ3v) is 4.69. The molecule has 3 rings (SSSR count). The van der Waals surface area contributed by atoms with E-state index in [4.69, 9.17) is 10.5 Å². The molecule has 0 amide bonds. The predicted molar refractivity (Wildman–Crippen MR) is 78.2 cm³/mol. The molecule has 0 atom stereocenters. The monoisotopic (exact) mass is 260 g/mol. The lowest BCUT2D eigenvalue weighted by Crippen LogP contribution is -2.55. The Kier molecular flexibility index (Phi) is 3.06. The van der Waals surface area contributed by atoms with Crippen LogP contribution in [0.3, 0.4) is 0 Å². The topological polar surface area (TPSA) is 38.5 Å². The van der Waals surface area contributed by atoms with E-state index in [0.717, 1.165) is 32.0 Å². The number of nitrogen functional groups attached to an aromatic ring is 1. The van der Waals surface area contributed by atoms with Crippen molar-refractivity contribution in [3.8, 4) is 0 Å². The summed E-state index contributed by atoms with van der Waals surface area (Å²) in [7, 11) is 0. The van der Waals surface area contributed by atoms with Crippen LogP contribution in [0, 0.1) is 0 Å². The molecule has 1 aromatic carbocycles. The molecule has 2 N–H and O–H groups in total. The number of hydrogen-bond acceptors (Lipinski definition) is 3. The molecule has 1 aromatic rings. The van der Waals surface area contributed by atoms with Crippen LogP contribution in [0.5, 0.6) is 0 Å². The second-order valence-electron chi connectivity index (χ2n) is 6.69. The lowest BCUT2D eigenvalue weighted by atomic mass is 9.92. The smallest absolute Gasteiger partial charge is 0.0645 e. The highest BCUT2D eigenvalue weighted by atomic mass is 16.5. The summed E-state index contributed by atoms with van der Waals surface area (Å²) in [6, 6.07) is 8.46. The molecule has 0 unspecified atom stereocenters. The molecule has 2 aliphatic rings. The molecule has 0 spiro atoms. The SMILES string of the molecule is CC1(C)COCCN1CC1(c2ccc(N)cc2)CC1. The second kappa shape index (κ2) is 4.50. The van der Waals surface area contributed by atoms with Crippen LogP contribution in [-0.2, 0) is 10.2 Å². The zero-order chi connectivity index (χ0) is 13.5. The van der Waals surface area contributed by atoms with Gasteiger partial charge < -0.3 is 10.5 Å². The van der Waals surface area contributed by atoms with E-state index >= 15 is 0 Å². The minimum atomic E-state index is 0.154. The molecule has 1 saturated carbocycles. The predicted octanol–water partition coefficient (Wildman–Crippen LogP) is 2.41. The fourth-order valence-corrected chi connectivity index (χ4v) is 3.07. The van der Waals surface area contributed by atoms with Gasteiger partial charge in [0.1, 0.15) is 0 Å². The Bertz CT molecular complexity index is 448. The first-order chi connectivity index (χ1) is 9.02. The lowest BCUT2D eigenvalue weighted by Gasteiger charge is -2.44. The van der Waals surface area contributed by atoms with Crippen LogP contribution >= 0.6 is 0 Å². The highest BCUT2D eigenvalue weighted by molar-refractivity contribution is 5.43. The Morgan fingerprint density at radius 3 is 2.47 bits per heavy atom. The summed E-state index contributed by atoms with van der Waals surface area (Å²) in [5.41, 5.74) is 8.61. The van der Waals surface area contributed by atoms with Gasteiger partial charge in [-0.15, -0.1) is 0 Å². The van der Waals surface area contributed by atoms with Crippen LogP contribution in [0.4, 0.5) is 5.69 Å². The molecule has 1 heterocycles. The van der Waals surface area contributed by atoms with Crippen molar-refractivity contribution in [2.24, 2.45) is 0 Å². The Hall–Kier alpha value is -1.06. The Balaban J connectivity index is 1.77.